The van der Waals surface area contributed by atoms with E-state index in [1.54, 1.807) is 18.1 Å². The molecule has 0 atom stereocenters. The zero-order valence-corrected chi connectivity index (χ0v) is 18.8. The molecular formula is C25H33N5O. The highest BCUT2D eigenvalue weighted by atomic mass is 16.2. The average molecular weight is 420 g/mol. The molecule has 2 aromatic rings. The Bertz CT molecular complexity index is 886. The van der Waals surface area contributed by atoms with Gasteiger partial charge in [0.15, 0.2) is 0 Å². The van der Waals surface area contributed by atoms with Crippen LogP contribution < -0.4 is 5.32 Å². The van der Waals surface area contributed by atoms with E-state index in [9.17, 15) is 4.79 Å². The van der Waals surface area contributed by atoms with Crippen molar-refractivity contribution in [3.8, 4) is 0 Å². The van der Waals surface area contributed by atoms with Crippen LogP contribution in [0.5, 0.6) is 0 Å². The van der Waals surface area contributed by atoms with Crippen LogP contribution >= 0.6 is 0 Å². The Balaban J connectivity index is 1.57. The maximum Gasteiger partial charge on any atom is 0.323 e. The number of nitrogens with zero attached hydrogens (tertiary/aromatic N) is 4. The predicted molar refractivity (Wildman–Crippen MR) is 129 cm³/mol. The largest absolute Gasteiger partial charge is 0.388 e. The molecule has 0 spiro atoms. The molecule has 1 saturated heterocycles. The fourth-order valence-electron chi connectivity index (χ4n) is 3.96. The molecule has 2 amide bonds. The van der Waals surface area contributed by atoms with Gasteiger partial charge >= 0.3 is 6.03 Å². The van der Waals surface area contributed by atoms with Gasteiger partial charge in [0.2, 0.25) is 0 Å². The van der Waals surface area contributed by atoms with Crippen molar-refractivity contribution in [2.75, 3.05) is 39.5 Å². The molecule has 6 nitrogen and oxygen atoms in total. The SMILES string of the molecule is C=N/C(=C\N(C)C(=O)N(C)C1CCN(Cc2ccccc2)CC1)c1ccc(NC)cc1. The van der Waals surface area contributed by atoms with Crippen LogP contribution in [0.25, 0.3) is 5.70 Å². The van der Waals surface area contributed by atoms with E-state index in [1.165, 1.54) is 5.56 Å². The molecule has 6 heteroatoms. The van der Waals surface area contributed by atoms with Gasteiger partial charge in [-0.2, -0.15) is 0 Å². The minimum Gasteiger partial charge on any atom is -0.388 e. The Kier molecular flexibility index (Phi) is 7.84. The molecule has 1 heterocycles. The molecule has 164 valence electrons. The number of piperidine rings is 1. The number of likely N-dealkylation sites (tertiary alicyclic amines) is 1. The monoisotopic (exact) mass is 419 g/mol. The second-order valence-electron chi connectivity index (χ2n) is 8.00. The second kappa shape index (κ2) is 10.8. The quantitative estimate of drug-likeness (QED) is 0.678. The molecule has 1 aliphatic rings. The first-order valence-corrected chi connectivity index (χ1v) is 10.7. The highest BCUT2D eigenvalue weighted by molar-refractivity contribution is 5.78. The number of aliphatic imine (C=N–C) groups is 1. The molecule has 31 heavy (non-hydrogen) atoms. The normalized spacial score (nSPS) is 15.4. The molecule has 0 saturated carbocycles. The van der Waals surface area contributed by atoms with Gasteiger partial charge in [-0.3, -0.25) is 9.89 Å². The fraction of sp³-hybridized carbons (Fsp3) is 0.360. The summed E-state index contributed by atoms with van der Waals surface area (Å²) in [6.45, 7) is 6.63. The first kappa shape index (κ1) is 22.6. The molecule has 1 aliphatic heterocycles. The molecule has 0 bridgehead atoms. The van der Waals surface area contributed by atoms with Crippen molar-refractivity contribution in [1.82, 2.24) is 14.7 Å². The summed E-state index contributed by atoms with van der Waals surface area (Å²) in [7, 11) is 5.55. The van der Waals surface area contributed by atoms with E-state index in [2.05, 4.69) is 46.2 Å². The van der Waals surface area contributed by atoms with Crippen LogP contribution in [0.4, 0.5) is 10.5 Å². The zero-order valence-electron chi connectivity index (χ0n) is 18.8. The number of amides is 2. The summed E-state index contributed by atoms with van der Waals surface area (Å²) in [4.78, 5) is 23.1. The lowest BCUT2D eigenvalue weighted by atomic mass is 10.0. The average Bonchev–Trinajstić information content (AvgIpc) is 2.82. The predicted octanol–water partition coefficient (Wildman–Crippen LogP) is 4.38. The van der Waals surface area contributed by atoms with Crippen molar-refractivity contribution < 1.29 is 4.79 Å². The van der Waals surface area contributed by atoms with Gasteiger partial charge in [0.05, 0.1) is 5.70 Å². The lowest BCUT2D eigenvalue weighted by Gasteiger charge is -2.37. The third-order valence-corrected chi connectivity index (χ3v) is 5.91. The van der Waals surface area contributed by atoms with Crippen LogP contribution in [0.2, 0.25) is 0 Å². The molecule has 0 radical (unpaired) electrons. The van der Waals surface area contributed by atoms with E-state index in [0.717, 1.165) is 43.7 Å². The van der Waals surface area contributed by atoms with E-state index in [1.807, 2.05) is 49.3 Å². The molecule has 0 aliphatic carbocycles. The summed E-state index contributed by atoms with van der Waals surface area (Å²) in [5.41, 5.74) is 3.95. The van der Waals surface area contributed by atoms with Gasteiger partial charge in [0.1, 0.15) is 0 Å². The molecule has 1 fully saturated rings. The number of anilines is 1. The number of rotatable bonds is 7. The van der Waals surface area contributed by atoms with Crippen LogP contribution in [-0.2, 0) is 6.54 Å². The number of hydrogen-bond acceptors (Lipinski definition) is 4. The Morgan fingerprint density at radius 2 is 1.77 bits per heavy atom. The first-order chi connectivity index (χ1) is 15.0. The van der Waals surface area contributed by atoms with E-state index >= 15 is 0 Å². The van der Waals surface area contributed by atoms with Gasteiger partial charge in [-0.25, -0.2) is 4.79 Å². The maximum absolute atomic E-state index is 13.0. The highest BCUT2D eigenvalue weighted by Gasteiger charge is 2.26. The van der Waals surface area contributed by atoms with Crippen LogP contribution in [-0.4, -0.2) is 67.7 Å². The van der Waals surface area contributed by atoms with Crippen molar-refractivity contribution in [3.05, 3.63) is 71.9 Å². The van der Waals surface area contributed by atoms with Gasteiger partial charge in [-0.15, -0.1) is 0 Å². The third kappa shape index (κ3) is 5.95. The van der Waals surface area contributed by atoms with E-state index in [0.29, 0.717) is 5.70 Å². The number of carbonyl (C=O) groups is 1. The molecule has 1 N–H and O–H groups in total. The highest BCUT2D eigenvalue weighted by Crippen LogP contribution is 2.21. The number of urea groups is 1. The minimum absolute atomic E-state index is 0.0329. The molecule has 2 aromatic carbocycles. The van der Waals surface area contributed by atoms with Gasteiger partial charge in [0, 0.05) is 64.3 Å². The standard InChI is InChI=1S/C25H33N5O/c1-26-22-12-10-21(11-13-22)24(27-2)19-28(3)25(31)29(4)23-14-16-30(17-15-23)18-20-8-6-5-7-9-20/h5-13,19,23,26H,2,14-18H2,1,3-4H3/b24-19-. The summed E-state index contributed by atoms with van der Waals surface area (Å²) in [5, 5.41) is 3.10. The summed E-state index contributed by atoms with van der Waals surface area (Å²) in [5.74, 6) is 0. The van der Waals surface area contributed by atoms with Crippen LogP contribution in [0, 0.1) is 0 Å². The lowest BCUT2D eigenvalue weighted by Crippen LogP contribution is -2.48. The summed E-state index contributed by atoms with van der Waals surface area (Å²) >= 11 is 0. The van der Waals surface area contributed by atoms with Gasteiger partial charge in [-0.1, -0.05) is 42.5 Å². The van der Waals surface area contributed by atoms with Gasteiger partial charge in [-0.05, 0) is 37.3 Å². The summed E-state index contributed by atoms with van der Waals surface area (Å²) in [6, 6.07) is 18.6. The lowest BCUT2D eigenvalue weighted by molar-refractivity contribution is 0.121. The van der Waals surface area contributed by atoms with E-state index in [-0.39, 0.29) is 12.1 Å². The molecule has 0 aromatic heterocycles. The molecule has 3 rings (SSSR count). The summed E-state index contributed by atoms with van der Waals surface area (Å²) in [6.07, 6.45) is 3.71. The van der Waals surface area contributed by atoms with Gasteiger partial charge < -0.3 is 15.1 Å². The minimum atomic E-state index is -0.0329. The van der Waals surface area contributed by atoms with Crippen molar-refractivity contribution in [3.63, 3.8) is 0 Å². The smallest absolute Gasteiger partial charge is 0.323 e. The molecule has 0 unspecified atom stereocenters. The number of hydrogen-bond donors (Lipinski definition) is 1. The number of carbonyl (C=O) groups excluding carboxylic acids is 1. The van der Waals surface area contributed by atoms with Crippen molar-refractivity contribution >= 4 is 24.1 Å². The summed E-state index contributed by atoms with van der Waals surface area (Å²) < 4.78 is 0. The number of nitrogens with one attached hydrogen (secondary N) is 1. The van der Waals surface area contributed by atoms with Crippen LogP contribution in [0.15, 0.2) is 65.8 Å². The van der Waals surface area contributed by atoms with Crippen molar-refractivity contribution in [2.45, 2.75) is 25.4 Å². The topological polar surface area (TPSA) is 51.2 Å². The Labute approximate surface area is 185 Å². The van der Waals surface area contributed by atoms with Crippen molar-refractivity contribution in [1.29, 1.82) is 0 Å². The molecular weight excluding hydrogens is 386 g/mol. The fourth-order valence-corrected chi connectivity index (χ4v) is 3.96. The third-order valence-electron chi connectivity index (χ3n) is 5.91. The maximum atomic E-state index is 13.0. The van der Waals surface area contributed by atoms with E-state index in [4.69, 9.17) is 0 Å². The van der Waals surface area contributed by atoms with Gasteiger partial charge in [0.25, 0.3) is 0 Å². The zero-order chi connectivity index (χ0) is 22.2. The Morgan fingerprint density at radius 1 is 1.13 bits per heavy atom. The van der Waals surface area contributed by atoms with Crippen LogP contribution in [0.3, 0.4) is 0 Å². The Morgan fingerprint density at radius 3 is 2.35 bits per heavy atom. The van der Waals surface area contributed by atoms with Crippen LogP contribution in [0.1, 0.15) is 24.0 Å². The first-order valence-electron chi connectivity index (χ1n) is 10.7. The Hall–Kier alpha value is -3.12. The van der Waals surface area contributed by atoms with Crippen molar-refractivity contribution in [2.24, 2.45) is 4.99 Å². The second-order valence-corrected chi connectivity index (χ2v) is 8.00. The number of benzene rings is 2. The van der Waals surface area contributed by atoms with E-state index < -0.39 is 0 Å².